The number of benzene rings is 1. The summed E-state index contributed by atoms with van der Waals surface area (Å²) < 4.78 is 48.1. The average Bonchev–Trinajstić information content (AvgIpc) is 2.85. The van der Waals surface area contributed by atoms with Crippen molar-refractivity contribution in [2.24, 2.45) is 0 Å². The number of hydrogen-bond acceptors (Lipinski definition) is 6. The number of hydrogen-bond donors (Lipinski definition) is 2. The van der Waals surface area contributed by atoms with Gasteiger partial charge in [-0.2, -0.15) is 0 Å². The number of carbonyl (C=O) groups is 2. The topological polar surface area (TPSA) is 106 Å². The number of anilines is 2. The van der Waals surface area contributed by atoms with Gasteiger partial charge in [0.25, 0.3) is 0 Å². The van der Waals surface area contributed by atoms with Gasteiger partial charge >= 0.3 is 12.4 Å². The maximum Gasteiger partial charge on any atom is 0.573 e. The fourth-order valence-corrected chi connectivity index (χ4v) is 3.92. The number of alkyl halides is 3. The average molecular weight is 580 g/mol. The fourth-order valence-electron chi connectivity index (χ4n) is 3.58. The van der Waals surface area contributed by atoms with Gasteiger partial charge in [-0.05, 0) is 57.7 Å². The first-order valence-corrected chi connectivity index (χ1v) is 11.9. The van der Waals surface area contributed by atoms with E-state index < -0.39 is 24.2 Å². The number of nitrogens with one attached hydrogen (secondary N) is 2. The Morgan fingerprint density at radius 1 is 1.19 bits per heavy atom. The molecule has 0 aliphatic carbocycles. The molecule has 3 aromatic rings. The van der Waals surface area contributed by atoms with Crippen molar-refractivity contribution in [3.8, 4) is 11.5 Å². The molecule has 0 radical (unpaired) electrons. The number of amides is 3. The van der Waals surface area contributed by atoms with E-state index in [4.69, 9.17) is 4.74 Å². The van der Waals surface area contributed by atoms with Gasteiger partial charge < -0.3 is 20.1 Å². The molecule has 3 heterocycles. The summed E-state index contributed by atoms with van der Waals surface area (Å²) in [5, 5.41) is 5.51. The number of aryl methyl sites for hydroxylation is 1. The second-order valence-corrected chi connectivity index (χ2v) is 8.89. The molecule has 9 nitrogen and oxygen atoms in total. The van der Waals surface area contributed by atoms with Crippen LogP contribution in [0.2, 0.25) is 0 Å². The lowest BCUT2D eigenvalue weighted by Crippen LogP contribution is -2.49. The third-order valence-corrected chi connectivity index (χ3v) is 5.75. The number of ether oxygens (including phenoxy) is 2. The lowest BCUT2D eigenvalue weighted by atomic mass is 10.1. The second kappa shape index (κ2) is 11.0. The van der Waals surface area contributed by atoms with Gasteiger partial charge in [-0.15, -0.1) is 13.2 Å². The summed E-state index contributed by atoms with van der Waals surface area (Å²) in [5.74, 6) is -0.114. The van der Waals surface area contributed by atoms with Gasteiger partial charge in [0.1, 0.15) is 24.7 Å². The van der Waals surface area contributed by atoms with Gasteiger partial charge in [0.15, 0.2) is 5.82 Å². The Balaban J connectivity index is 1.58. The van der Waals surface area contributed by atoms with Gasteiger partial charge in [0.05, 0.1) is 17.9 Å². The molecule has 2 N–H and O–H groups in total. The van der Waals surface area contributed by atoms with Crippen LogP contribution in [0.5, 0.6) is 11.5 Å². The molecule has 0 saturated carbocycles. The summed E-state index contributed by atoms with van der Waals surface area (Å²) in [4.78, 5) is 35.2. The van der Waals surface area contributed by atoms with Crippen molar-refractivity contribution >= 4 is 39.4 Å². The quantitative estimate of drug-likeness (QED) is 0.408. The Morgan fingerprint density at radius 2 is 1.95 bits per heavy atom. The molecule has 1 aliphatic rings. The van der Waals surface area contributed by atoms with Crippen LogP contribution in [0, 0.1) is 0 Å². The number of carbonyl (C=O) groups excluding carboxylic acids is 2. The minimum absolute atomic E-state index is 0.0849. The summed E-state index contributed by atoms with van der Waals surface area (Å²) >= 11 is 3.30. The predicted octanol–water partition coefficient (Wildman–Crippen LogP) is 4.99. The lowest BCUT2D eigenvalue weighted by molar-refractivity contribution is -0.274. The van der Waals surface area contributed by atoms with Crippen LogP contribution >= 0.6 is 15.9 Å². The van der Waals surface area contributed by atoms with Crippen LogP contribution < -0.4 is 25.0 Å². The van der Waals surface area contributed by atoms with Crippen molar-refractivity contribution in [1.82, 2.24) is 15.3 Å². The minimum Gasteiger partial charge on any atom is -0.489 e. The highest BCUT2D eigenvalue weighted by Crippen LogP contribution is 2.29. The van der Waals surface area contributed by atoms with Crippen molar-refractivity contribution in [3.63, 3.8) is 0 Å². The predicted molar refractivity (Wildman–Crippen MR) is 131 cm³/mol. The Hall–Kier alpha value is -3.87. The van der Waals surface area contributed by atoms with Gasteiger partial charge in [-0.3, -0.25) is 14.7 Å². The largest absolute Gasteiger partial charge is 0.573 e. The van der Waals surface area contributed by atoms with Crippen LogP contribution in [0.15, 0.2) is 59.5 Å². The highest BCUT2D eigenvalue weighted by molar-refractivity contribution is 9.10. The smallest absolute Gasteiger partial charge is 0.489 e. The molecule has 4 rings (SSSR count). The first-order chi connectivity index (χ1) is 17.6. The van der Waals surface area contributed by atoms with Gasteiger partial charge in [-0.25, -0.2) is 9.78 Å². The van der Waals surface area contributed by atoms with Crippen LogP contribution in [0.25, 0.3) is 0 Å². The number of rotatable bonds is 7. The third kappa shape index (κ3) is 6.88. The number of aromatic nitrogens is 2. The maximum atomic E-state index is 13.3. The Morgan fingerprint density at radius 3 is 2.62 bits per heavy atom. The minimum atomic E-state index is -4.83. The van der Waals surface area contributed by atoms with E-state index in [0.29, 0.717) is 27.9 Å². The molecular formula is C24H21BrF3N5O4. The van der Waals surface area contributed by atoms with Crippen LogP contribution in [0.3, 0.4) is 0 Å². The van der Waals surface area contributed by atoms with Crippen LogP contribution in [-0.4, -0.2) is 41.4 Å². The van der Waals surface area contributed by atoms with E-state index in [0.717, 1.165) is 17.7 Å². The lowest BCUT2D eigenvalue weighted by Gasteiger charge is -2.30. The van der Waals surface area contributed by atoms with E-state index in [1.807, 2.05) is 6.92 Å². The van der Waals surface area contributed by atoms with E-state index in [1.54, 1.807) is 24.5 Å². The summed E-state index contributed by atoms with van der Waals surface area (Å²) in [5.41, 5.74) is 1.74. The summed E-state index contributed by atoms with van der Waals surface area (Å²) in [7, 11) is 0. The zero-order valence-corrected chi connectivity index (χ0v) is 21.0. The van der Waals surface area contributed by atoms with Gasteiger partial charge in [-0.1, -0.05) is 19.1 Å². The first kappa shape index (κ1) is 26.2. The van der Waals surface area contributed by atoms with Crippen molar-refractivity contribution in [2.75, 3.05) is 23.4 Å². The van der Waals surface area contributed by atoms with Crippen molar-refractivity contribution in [1.29, 1.82) is 0 Å². The van der Waals surface area contributed by atoms with Crippen molar-refractivity contribution in [2.45, 2.75) is 25.7 Å². The summed E-state index contributed by atoms with van der Waals surface area (Å²) in [6.45, 7) is 1.59. The molecule has 13 heteroatoms. The number of nitrogens with zero attached hydrogens (tertiary/aromatic N) is 3. The van der Waals surface area contributed by atoms with E-state index in [9.17, 15) is 22.8 Å². The Kier molecular flexibility index (Phi) is 7.81. The molecule has 2 aromatic heterocycles. The number of fused-ring (bicyclic) bond motifs is 1. The van der Waals surface area contributed by atoms with Crippen LogP contribution in [0.1, 0.15) is 24.1 Å². The zero-order valence-electron chi connectivity index (χ0n) is 19.4. The van der Waals surface area contributed by atoms with E-state index in [-0.39, 0.29) is 24.9 Å². The molecule has 0 saturated heterocycles. The number of urea groups is 1. The second-order valence-electron chi connectivity index (χ2n) is 7.97. The third-order valence-electron chi connectivity index (χ3n) is 5.32. The van der Waals surface area contributed by atoms with E-state index in [2.05, 4.69) is 41.3 Å². The van der Waals surface area contributed by atoms with Crippen molar-refractivity contribution < 1.29 is 32.2 Å². The Bertz CT molecular complexity index is 1290. The molecule has 1 atom stereocenters. The zero-order chi connectivity index (χ0) is 26.6. The maximum absolute atomic E-state index is 13.3. The molecular weight excluding hydrogens is 559 g/mol. The SMILES string of the molecule is CCc1cnc2c(c1)NC(=O)CN2C(=O)NC(COc1cncc(Br)c1)c1ccc(OC(F)(F)F)cc1. The van der Waals surface area contributed by atoms with Gasteiger partial charge in [0, 0.05) is 16.9 Å². The molecule has 194 valence electrons. The summed E-state index contributed by atoms with van der Waals surface area (Å²) in [6, 6.07) is 7.03. The first-order valence-electron chi connectivity index (χ1n) is 11.1. The molecule has 1 aromatic carbocycles. The number of halogens is 4. The molecule has 3 amide bonds. The van der Waals surface area contributed by atoms with E-state index in [1.165, 1.54) is 23.2 Å². The molecule has 0 fully saturated rings. The molecule has 1 aliphatic heterocycles. The van der Waals surface area contributed by atoms with Crippen LogP contribution in [0.4, 0.5) is 29.5 Å². The molecule has 0 bridgehead atoms. The highest BCUT2D eigenvalue weighted by Gasteiger charge is 2.32. The van der Waals surface area contributed by atoms with Gasteiger partial charge in [0.2, 0.25) is 5.91 Å². The molecule has 0 spiro atoms. The fraction of sp³-hybridized carbons (Fsp3) is 0.250. The Labute approximate surface area is 218 Å². The standard InChI is InChI=1S/C24H21BrF3N5O4/c1-2-14-7-19-22(30-9-14)33(12-21(34)31-19)23(35)32-20(13-36-18-8-16(25)10-29-11-18)15-3-5-17(6-4-15)37-24(26,27)28/h3-11,20H,2,12-13H2,1H3,(H,31,34)(H,32,35). The molecule has 37 heavy (non-hydrogen) atoms. The monoisotopic (exact) mass is 579 g/mol. The van der Waals surface area contributed by atoms with Crippen molar-refractivity contribution in [3.05, 3.63) is 70.6 Å². The highest BCUT2D eigenvalue weighted by atomic mass is 79.9. The number of pyridine rings is 2. The molecule has 1 unspecified atom stereocenters. The van der Waals surface area contributed by atoms with Crippen LogP contribution in [-0.2, 0) is 11.2 Å². The normalized spacial score (nSPS) is 13.9. The summed E-state index contributed by atoms with van der Waals surface area (Å²) in [6.07, 6.45) is 0.529. The van der Waals surface area contributed by atoms with E-state index >= 15 is 0 Å².